The Labute approximate surface area is 181 Å². The Morgan fingerprint density at radius 1 is 1.07 bits per heavy atom. The summed E-state index contributed by atoms with van der Waals surface area (Å²) in [4.78, 5) is 25.1. The minimum absolute atomic E-state index is 0.121. The number of para-hydroxylation sites is 1. The zero-order valence-electron chi connectivity index (χ0n) is 19.8. The SMILES string of the molecule is [2H]C([2H])(c1ccccc1OCCCCCC(=O)O)N(C(=O)c1ccc(OC)cc1)C(C)C. The highest BCUT2D eigenvalue weighted by Gasteiger charge is 2.20. The number of benzene rings is 2. The van der Waals surface area contributed by atoms with Crippen molar-refractivity contribution in [1.82, 2.24) is 4.90 Å². The maximum atomic E-state index is 13.3. The molecule has 0 bridgehead atoms. The fourth-order valence-electron chi connectivity index (χ4n) is 2.84. The first-order valence-corrected chi connectivity index (χ1v) is 10.1. The van der Waals surface area contributed by atoms with E-state index in [2.05, 4.69) is 0 Å². The molecule has 2 aromatic rings. The molecule has 0 fully saturated rings. The van der Waals surface area contributed by atoms with Gasteiger partial charge in [-0.25, -0.2) is 0 Å². The van der Waals surface area contributed by atoms with Crippen molar-refractivity contribution in [2.24, 2.45) is 0 Å². The Kier molecular flexibility index (Phi) is 8.01. The summed E-state index contributed by atoms with van der Waals surface area (Å²) in [5, 5.41) is 8.71. The second-order valence-electron chi connectivity index (χ2n) is 7.16. The van der Waals surface area contributed by atoms with Gasteiger partial charge in [-0.05, 0) is 63.4 Å². The number of hydrogen-bond donors (Lipinski definition) is 1. The average molecular weight is 416 g/mol. The molecular formula is C24H31NO5. The molecule has 6 nitrogen and oxygen atoms in total. The Balaban J connectivity index is 2.21. The fraction of sp³-hybridized carbons (Fsp3) is 0.417. The number of carboxylic acid groups (broad SMARTS) is 1. The van der Waals surface area contributed by atoms with Gasteiger partial charge in [0.25, 0.3) is 5.91 Å². The van der Waals surface area contributed by atoms with Crippen LogP contribution in [0.4, 0.5) is 0 Å². The van der Waals surface area contributed by atoms with Crippen molar-refractivity contribution in [3.8, 4) is 11.5 Å². The van der Waals surface area contributed by atoms with Gasteiger partial charge in [-0.2, -0.15) is 0 Å². The number of aliphatic carboxylic acids is 1. The molecule has 0 spiro atoms. The number of hydrogen-bond acceptors (Lipinski definition) is 4. The molecule has 0 atom stereocenters. The van der Waals surface area contributed by atoms with E-state index in [-0.39, 0.29) is 12.0 Å². The first kappa shape index (κ1) is 20.3. The van der Waals surface area contributed by atoms with E-state index in [1.807, 2.05) is 0 Å². The Morgan fingerprint density at radius 3 is 2.40 bits per heavy atom. The van der Waals surface area contributed by atoms with Crippen LogP contribution in [0.15, 0.2) is 48.5 Å². The molecule has 1 amide bonds. The van der Waals surface area contributed by atoms with Crippen LogP contribution in [0.25, 0.3) is 0 Å². The molecule has 0 radical (unpaired) electrons. The highest BCUT2D eigenvalue weighted by Crippen LogP contribution is 2.23. The Hall–Kier alpha value is -3.02. The molecule has 2 aromatic carbocycles. The number of amides is 1. The van der Waals surface area contributed by atoms with Crippen LogP contribution in [0.2, 0.25) is 0 Å². The van der Waals surface area contributed by atoms with Crippen molar-refractivity contribution in [2.75, 3.05) is 13.7 Å². The third-order valence-corrected chi connectivity index (χ3v) is 4.49. The first-order chi connectivity index (χ1) is 15.2. The van der Waals surface area contributed by atoms with E-state index in [0.717, 1.165) is 0 Å². The van der Waals surface area contributed by atoms with Crippen LogP contribution in [-0.4, -0.2) is 41.6 Å². The van der Waals surface area contributed by atoms with Crippen LogP contribution in [0.5, 0.6) is 11.5 Å². The van der Waals surface area contributed by atoms with Crippen LogP contribution in [0.3, 0.4) is 0 Å². The van der Waals surface area contributed by atoms with Gasteiger partial charge in [-0.3, -0.25) is 9.59 Å². The minimum atomic E-state index is -2.12. The zero-order chi connectivity index (χ0) is 23.7. The standard InChI is InChI=1S/C24H31NO5/c1-18(2)25(24(28)19-12-14-21(29-3)15-13-19)17-20-9-6-7-10-22(20)30-16-8-4-5-11-23(26)27/h6-7,9-10,12-15,18H,4-5,8,11,16-17H2,1-3H3,(H,26,27)/i17D2. The molecule has 0 saturated carbocycles. The van der Waals surface area contributed by atoms with E-state index in [1.165, 1.54) is 4.90 Å². The number of unbranched alkanes of at least 4 members (excludes halogenated alkanes) is 2. The second-order valence-corrected chi connectivity index (χ2v) is 7.16. The molecule has 2 rings (SSSR count). The highest BCUT2D eigenvalue weighted by atomic mass is 16.5. The van der Waals surface area contributed by atoms with E-state index in [4.69, 9.17) is 17.3 Å². The number of carbonyl (C=O) groups excluding carboxylic acids is 1. The maximum Gasteiger partial charge on any atom is 0.303 e. The quantitative estimate of drug-likeness (QED) is 0.505. The van der Waals surface area contributed by atoms with Crippen molar-refractivity contribution < 1.29 is 26.9 Å². The van der Waals surface area contributed by atoms with Crippen LogP contribution >= 0.6 is 0 Å². The summed E-state index contributed by atoms with van der Waals surface area (Å²) >= 11 is 0. The van der Waals surface area contributed by atoms with Gasteiger partial charge in [0.1, 0.15) is 11.5 Å². The molecule has 0 heterocycles. The highest BCUT2D eigenvalue weighted by molar-refractivity contribution is 5.94. The third-order valence-electron chi connectivity index (χ3n) is 4.49. The minimum Gasteiger partial charge on any atom is -0.497 e. The number of methoxy groups -OCH3 is 1. The van der Waals surface area contributed by atoms with Gasteiger partial charge in [0.2, 0.25) is 0 Å². The van der Waals surface area contributed by atoms with E-state index < -0.39 is 24.4 Å². The summed E-state index contributed by atoms with van der Waals surface area (Å²) in [6, 6.07) is 12.9. The largest absolute Gasteiger partial charge is 0.497 e. The number of rotatable bonds is 12. The summed E-state index contributed by atoms with van der Waals surface area (Å²) < 4.78 is 28.7. The topological polar surface area (TPSA) is 76.1 Å². The molecule has 6 heteroatoms. The van der Waals surface area contributed by atoms with Gasteiger partial charge in [-0.15, -0.1) is 0 Å². The number of carbonyl (C=O) groups is 2. The van der Waals surface area contributed by atoms with Crippen molar-refractivity contribution in [1.29, 1.82) is 0 Å². The molecular weight excluding hydrogens is 382 g/mol. The predicted octanol–water partition coefficient (Wildman–Crippen LogP) is 4.77. The lowest BCUT2D eigenvalue weighted by molar-refractivity contribution is -0.137. The van der Waals surface area contributed by atoms with E-state index in [0.29, 0.717) is 42.9 Å². The third kappa shape index (κ3) is 7.10. The van der Waals surface area contributed by atoms with E-state index >= 15 is 0 Å². The lowest BCUT2D eigenvalue weighted by atomic mass is 10.1. The molecule has 1 N–H and O–H groups in total. The monoisotopic (exact) mass is 415 g/mol. The summed E-state index contributed by atoms with van der Waals surface area (Å²) in [5.41, 5.74) is 0.626. The van der Waals surface area contributed by atoms with Gasteiger partial charge in [0.15, 0.2) is 0 Å². The van der Waals surface area contributed by atoms with Gasteiger partial charge in [0, 0.05) is 30.1 Å². The molecule has 0 aliphatic rings. The lowest BCUT2D eigenvalue weighted by Crippen LogP contribution is -2.36. The van der Waals surface area contributed by atoms with Gasteiger partial charge < -0.3 is 19.5 Å². The molecule has 0 unspecified atom stereocenters. The second kappa shape index (κ2) is 11.9. The van der Waals surface area contributed by atoms with Gasteiger partial charge >= 0.3 is 5.97 Å². The van der Waals surface area contributed by atoms with Crippen molar-refractivity contribution in [3.63, 3.8) is 0 Å². The molecule has 0 aliphatic carbocycles. The number of ether oxygens (including phenoxy) is 2. The number of carboxylic acids is 1. The Bertz CT molecular complexity index is 900. The predicted molar refractivity (Wildman–Crippen MR) is 116 cm³/mol. The fourth-order valence-corrected chi connectivity index (χ4v) is 2.84. The van der Waals surface area contributed by atoms with E-state index in [9.17, 15) is 9.59 Å². The van der Waals surface area contributed by atoms with E-state index in [1.54, 1.807) is 69.5 Å². The number of nitrogens with zero attached hydrogens (tertiary/aromatic N) is 1. The normalized spacial score (nSPS) is 12.1. The molecule has 0 aromatic heterocycles. The van der Waals surface area contributed by atoms with Crippen molar-refractivity contribution in [3.05, 3.63) is 59.7 Å². The Morgan fingerprint density at radius 2 is 1.77 bits per heavy atom. The molecule has 30 heavy (non-hydrogen) atoms. The zero-order valence-corrected chi connectivity index (χ0v) is 17.8. The average Bonchev–Trinajstić information content (AvgIpc) is 2.75. The van der Waals surface area contributed by atoms with Crippen molar-refractivity contribution >= 4 is 11.9 Å². The van der Waals surface area contributed by atoms with Gasteiger partial charge in [0.05, 0.1) is 16.5 Å². The summed E-state index contributed by atoms with van der Waals surface area (Å²) in [7, 11) is 1.54. The molecule has 0 aliphatic heterocycles. The van der Waals surface area contributed by atoms with Crippen LogP contribution in [0, 0.1) is 0 Å². The molecule has 162 valence electrons. The van der Waals surface area contributed by atoms with Crippen LogP contribution < -0.4 is 9.47 Å². The summed E-state index contributed by atoms with van der Waals surface area (Å²) in [5.74, 6) is -0.275. The van der Waals surface area contributed by atoms with Gasteiger partial charge in [-0.1, -0.05) is 18.2 Å². The molecule has 0 saturated heterocycles. The summed E-state index contributed by atoms with van der Waals surface area (Å²) in [6.45, 7) is 1.75. The van der Waals surface area contributed by atoms with Crippen LogP contribution in [0.1, 0.15) is 58.2 Å². The summed E-state index contributed by atoms with van der Waals surface area (Å²) in [6.07, 6.45) is 2.05. The van der Waals surface area contributed by atoms with Crippen LogP contribution in [-0.2, 0) is 11.3 Å². The smallest absolute Gasteiger partial charge is 0.303 e. The lowest BCUT2D eigenvalue weighted by Gasteiger charge is -2.28. The van der Waals surface area contributed by atoms with Crippen molar-refractivity contribution in [2.45, 2.75) is 52.1 Å². The maximum absolute atomic E-state index is 13.3. The first-order valence-electron chi connectivity index (χ1n) is 11.1.